The summed E-state index contributed by atoms with van der Waals surface area (Å²) in [6, 6.07) is 22.3. The lowest BCUT2D eigenvalue weighted by Gasteiger charge is -2.01. The van der Waals surface area contributed by atoms with Crippen LogP contribution in [0.2, 0.25) is 0 Å². The zero-order valence-corrected chi connectivity index (χ0v) is 14.6. The number of aromatic nitrogens is 3. The van der Waals surface area contributed by atoms with Crippen LogP contribution in [0.3, 0.4) is 0 Å². The molecule has 124 valence electrons. The van der Waals surface area contributed by atoms with Crippen LogP contribution in [0.4, 0.5) is 0 Å². The smallest absolute Gasteiger partial charge is 0.154 e. The van der Waals surface area contributed by atoms with Gasteiger partial charge in [-0.1, -0.05) is 42.1 Å². The van der Waals surface area contributed by atoms with Crippen LogP contribution in [0.1, 0.15) is 5.56 Å². The lowest BCUT2D eigenvalue weighted by molar-refractivity contribution is 0.415. The van der Waals surface area contributed by atoms with Crippen LogP contribution in [0.15, 0.2) is 78.0 Å². The maximum atomic E-state index is 5.20. The van der Waals surface area contributed by atoms with Crippen LogP contribution in [0, 0.1) is 0 Å². The van der Waals surface area contributed by atoms with Crippen LogP contribution in [-0.4, -0.2) is 21.7 Å². The van der Waals surface area contributed by atoms with Gasteiger partial charge in [-0.2, -0.15) is 5.10 Å². The number of hydrogen-bond acceptors (Lipinski definition) is 4. The van der Waals surface area contributed by atoms with Gasteiger partial charge >= 0.3 is 0 Å². The number of thioether (sulfide) groups is 1. The number of fused-ring (bicyclic) bond motifs is 1. The van der Waals surface area contributed by atoms with Gasteiger partial charge in [0.15, 0.2) is 5.65 Å². The number of nitrogens with zero attached hydrogens (tertiary/aromatic N) is 3. The molecule has 0 N–H and O–H groups in total. The van der Waals surface area contributed by atoms with Crippen LogP contribution < -0.4 is 4.74 Å². The topological polar surface area (TPSA) is 39.4 Å². The first-order valence-electron chi connectivity index (χ1n) is 7.99. The molecule has 25 heavy (non-hydrogen) atoms. The minimum absolute atomic E-state index is 0.838. The molecular formula is C20H17N3OS. The Hall–Kier alpha value is -2.79. The molecule has 0 bridgehead atoms. The Morgan fingerprint density at radius 1 is 0.960 bits per heavy atom. The predicted octanol–water partition coefficient (Wildman–Crippen LogP) is 4.70. The molecule has 0 unspecified atom stereocenters. The van der Waals surface area contributed by atoms with Crippen molar-refractivity contribution in [1.29, 1.82) is 0 Å². The average Bonchev–Trinajstić information content (AvgIpc) is 3.10. The fourth-order valence-corrected chi connectivity index (χ4v) is 3.39. The van der Waals surface area contributed by atoms with Crippen LogP contribution >= 0.6 is 11.8 Å². The molecule has 2 aromatic carbocycles. The van der Waals surface area contributed by atoms with E-state index >= 15 is 0 Å². The molecular weight excluding hydrogens is 330 g/mol. The van der Waals surface area contributed by atoms with Crippen molar-refractivity contribution in [1.82, 2.24) is 14.6 Å². The van der Waals surface area contributed by atoms with Gasteiger partial charge in [0.25, 0.3) is 0 Å². The van der Waals surface area contributed by atoms with Crippen molar-refractivity contribution in [2.45, 2.75) is 10.8 Å². The highest BCUT2D eigenvalue weighted by Gasteiger charge is 2.07. The average molecular weight is 347 g/mol. The number of hydrogen-bond donors (Lipinski definition) is 0. The van der Waals surface area contributed by atoms with E-state index in [0.29, 0.717) is 0 Å². The third kappa shape index (κ3) is 3.51. The van der Waals surface area contributed by atoms with E-state index in [9.17, 15) is 0 Å². The van der Waals surface area contributed by atoms with E-state index in [1.54, 1.807) is 18.9 Å². The van der Waals surface area contributed by atoms with E-state index < -0.39 is 0 Å². The first-order valence-corrected chi connectivity index (χ1v) is 8.98. The number of methoxy groups -OCH3 is 1. The molecule has 2 aromatic heterocycles. The van der Waals surface area contributed by atoms with E-state index in [0.717, 1.165) is 33.4 Å². The number of ether oxygens (including phenoxy) is 1. The van der Waals surface area contributed by atoms with Gasteiger partial charge in [0.2, 0.25) is 0 Å². The van der Waals surface area contributed by atoms with Gasteiger partial charge in [-0.3, -0.25) is 0 Å². The van der Waals surface area contributed by atoms with Crippen molar-refractivity contribution < 1.29 is 4.74 Å². The summed E-state index contributed by atoms with van der Waals surface area (Å²) in [7, 11) is 1.67. The summed E-state index contributed by atoms with van der Waals surface area (Å²) in [5.41, 5.74) is 4.08. The molecule has 0 atom stereocenters. The van der Waals surface area contributed by atoms with E-state index in [1.807, 2.05) is 53.2 Å². The van der Waals surface area contributed by atoms with Gasteiger partial charge in [0, 0.05) is 11.3 Å². The highest BCUT2D eigenvalue weighted by Crippen LogP contribution is 2.24. The normalized spacial score (nSPS) is 10.9. The van der Waals surface area contributed by atoms with Gasteiger partial charge in [-0.25, -0.2) is 9.50 Å². The highest BCUT2D eigenvalue weighted by molar-refractivity contribution is 7.98. The fraction of sp³-hybridized carbons (Fsp3) is 0.100. The number of benzene rings is 2. The molecule has 5 heteroatoms. The van der Waals surface area contributed by atoms with Gasteiger partial charge < -0.3 is 4.74 Å². The van der Waals surface area contributed by atoms with Crippen molar-refractivity contribution in [2.75, 3.05) is 7.11 Å². The van der Waals surface area contributed by atoms with Crippen molar-refractivity contribution in [2.24, 2.45) is 0 Å². The predicted molar refractivity (Wildman–Crippen MR) is 101 cm³/mol. The highest BCUT2D eigenvalue weighted by atomic mass is 32.2. The Bertz CT molecular complexity index is 981. The Morgan fingerprint density at radius 2 is 1.76 bits per heavy atom. The molecule has 0 saturated heterocycles. The van der Waals surface area contributed by atoms with Gasteiger partial charge in [0.1, 0.15) is 10.8 Å². The summed E-state index contributed by atoms with van der Waals surface area (Å²) in [6.45, 7) is 0. The lowest BCUT2D eigenvalue weighted by atomic mass is 10.2. The number of imidazole rings is 1. The van der Waals surface area contributed by atoms with E-state index in [4.69, 9.17) is 4.74 Å². The van der Waals surface area contributed by atoms with Crippen LogP contribution in [-0.2, 0) is 5.75 Å². The molecule has 4 nitrogen and oxygen atoms in total. The maximum Gasteiger partial charge on any atom is 0.154 e. The molecule has 0 aliphatic heterocycles. The zero-order chi connectivity index (χ0) is 17.1. The molecule has 0 spiro atoms. The van der Waals surface area contributed by atoms with Crippen molar-refractivity contribution in [3.05, 3.63) is 78.5 Å². The van der Waals surface area contributed by atoms with E-state index in [-0.39, 0.29) is 0 Å². The minimum atomic E-state index is 0.838. The third-order valence-corrected chi connectivity index (χ3v) is 4.90. The van der Waals surface area contributed by atoms with Crippen LogP contribution in [0.25, 0.3) is 16.9 Å². The summed E-state index contributed by atoms with van der Waals surface area (Å²) in [5.74, 6) is 1.74. The molecule has 4 rings (SSSR count). The monoisotopic (exact) mass is 347 g/mol. The van der Waals surface area contributed by atoms with Crippen LogP contribution in [0.5, 0.6) is 5.75 Å². The molecule has 0 fully saturated rings. The van der Waals surface area contributed by atoms with E-state index in [1.165, 1.54) is 5.56 Å². The molecule has 0 amide bonds. The Kier molecular flexibility index (Phi) is 4.39. The Balaban J connectivity index is 1.56. The fourth-order valence-electron chi connectivity index (χ4n) is 2.57. The largest absolute Gasteiger partial charge is 0.497 e. The van der Waals surface area contributed by atoms with Gasteiger partial charge in [-0.15, -0.1) is 0 Å². The first kappa shape index (κ1) is 15.7. The summed E-state index contributed by atoms with van der Waals surface area (Å²) in [4.78, 5) is 4.65. The maximum absolute atomic E-state index is 5.20. The molecule has 0 aliphatic carbocycles. The second-order valence-corrected chi connectivity index (χ2v) is 6.60. The SMILES string of the molecule is COc1ccc(-c2cn3nc(SCc4ccccc4)ccc3n2)cc1. The molecule has 0 aliphatic rings. The summed E-state index contributed by atoms with van der Waals surface area (Å²) in [5, 5.41) is 5.64. The molecule has 2 heterocycles. The summed E-state index contributed by atoms with van der Waals surface area (Å²) in [6.07, 6.45) is 1.96. The van der Waals surface area contributed by atoms with Gasteiger partial charge in [-0.05, 0) is 42.0 Å². The second-order valence-electron chi connectivity index (χ2n) is 5.60. The Morgan fingerprint density at radius 3 is 2.52 bits per heavy atom. The van der Waals surface area contributed by atoms with Crippen molar-refractivity contribution in [3.8, 4) is 17.0 Å². The Labute approximate surface area is 150 Å². The molecule has 0 saturated carbocycles. The minimum Gasteiger partial charge on any atom is -0.497 e. The first-order chi connectivity index (χ1) is 12.3. The van der Waals surface area contributed by atoms with Crippen molar-refractivity contribution in [3.63, 3.8) is 0 Å². The standard InChI is InChI=1S/C20H17N3OS/c1-24-17-9-7-16(8-10-17)18-13-23-19(21-18)11-12-20(22-23)25-14-15-5-3-2-4-6-15/h2-13H,14H2,1H3. The molecule has 4 aromatic rings. The zero-order valence-electron chi connectivity index (χ0n) is 13.8. The summed E-state index contributed by atoms with van der Waals surface area (Å²) < 4.78 is 7.04. The molecule has 0 radical (unpaired) electrons. The lowest BCUT2D eigenvalue weighted by Crippen LogP contribution is -1.92. The third-order valence-electron chi connectivity index (χ3n) is 3.91. The number of rotatable bonds is 5. The second kappa shape index (κ2) is 6.99. The quantitative estimate of drug-likeness (QED) is 0.491. The van der Waals surface area contributed by atoms with Crippen molar-refractivity contribution >= 4 is 17.4 Å². The summed E-state index contributed by atoms with van der Waals surface area (Å²) >= 11 is 1.72. The van der Waals surface area contributed by atoms with E-state index in [2.05, 4.69) is 34.3 Å². The van der Waals surface area contributed by atoms with Gasteiger partial charge in [0.05, 0.1) is 19.0 Å².